The van der Waals surface area contributed by atoms with Crippen molar-refractivity contribution in [2.45, 2.75) is 6.92 Å². The van der Waals surface area contributed by atoms with Gasteiger partial charge in [0.25, 0.3) is 11.5 Å². The van der Waals surface area contributed by atoms with Crippen molar-refractivity contribution in [2.75, 3.05) is 5.32 Å². The van der Waals surface area contributed by atoms with E-state index in [0.29, 0.717) is 11.4 Å². The summed E-state index contributed by atoms with van der Waals surface area (Å²) in [6, 6.07) is 12.6. The van der Waals surface area contributed by atoms with Crippen molar-refractivity contribution in [3.8, 4) is 0 Å². The largest absolute Gasteiger partial charge is 0.321 e. The van der Waals surface area contributed by atoms with Gasteiger partial charge in [-0.05, 0) is 30.7 Å². The van der Waals surface area contributed by atoms with Crippen LogP contribution in [0.1, 0.15) is 15.9 Å². The number of fused-ring (bicyclic) bond motifs is 1. The van der Waals surface area contributed by atoms with Gasteiger partial charge >= 0.3 is 0 Å². The molecule has 104 valence electrons. The molecule has 0 spiro atoms. The lowest BCUT2D eigenvalue weighted by atomic mass is 10.0. The minimum Gasteiger partial charge on any atom is -0.321 e. The van der Waals surface area contributed by atoms with Crippen LogP contribution in [0.3, 0.4) is 0 Å². The Bertz CT molecular complexity index is 870. The van der Waals surface area contributed by atoms with E-state index >= 15 is 0 Å². The van der Waals surface area contributed by atoms with E-state index in [4.69, 9.17) is 0 Å². The van der Waals surface area contributed by atoms with Crippen LogP contribution in [0.4, 0.5) is 5.82 Å². The first-order valence-electron chi connectivity index (χ1n) is 6.51. The van der Waals surface area contributed by atoms with Crippen LogP contribution in [0.2, 0.25) is 0 Å². The average Bonchev–Trinajstić information content (AvgIpc) is 2.48. The Morgan fingerprint density at radius 1 is 1.14 bits per heavy atom. The van der Waals surface area contributed by atoms with Gasteiger partial charge in [-0.1, -0.05) is 24.3 Å². The fraction of sp³-hybridized carbons (Fsp3) is 0.0625. The molecule has 0 aliphatic carbocycles. The number of benzene rings is 1. The number of carbonyl (C=O) groups excluding carboxylic acids is 1. The molecular weight excluding hydrogens is 266 g/mol. The zero-order valence-electron chi connectivity index (χ0n) is 11.4. The van der Waals surface area contributed by atoms with Gasteiger partial charge < -0.3 is 10.3 Å². The fourth-order valence-corrected chi connectivity index (χ4v) is 2.30. The Morgan fingerprint density at radius 2 is 1.90 bits per heavy atom. The first-order chi connectivity index (χ1) is 10.2. The molecule has 2 heterocycles. The Kier molecular flexibility index (Phi) is 3.23. The molecule has 3 aromatic rings. The molecular formula is C16H13N3O2. The summed E-state index contributed by atoms with van der Waals surface area (Å²) in [5.74, 6) is -0.0485. The molecule has 0 radical (unpaired) electrons. The number of anilines is 1. The van der Waals surface area contributed by atoms with Gasteiger partial charge in [0.05, 0.1) is 0 Å². The van der Waals surface area contributed by atoms with Gasteiger partial charge in [0, 0.05) is 17.1 Å². The third kappa shape index (κ3) is 2.41. The number of aryl methyl sites for hydroxylation is 1. The second kappa shape index (κ2) is 5.20. The van der Waals surface area contributed by atoms with Crippen LogP contribution in [0, 0.1) is 6.92 Å². The lowest BCUT2D eigenvalue weighted by Crippen LogP contribution is -2.25. The van der Waals surface area contributed by atoms with Crippen LogP contribution in [-0.4, -0.2) is 15.9 Å². The molecule has 0 unspecified atom stereocenters. The first-order valence-corrected chi connectivity index (χ1v) is 6.51. The second-order valence-electron chi connectivity index (χ2n) is 4.67. The molecule has 0 saturated heterocycles. The highest BCUT2D eigenvalue weighted by atomic mass is 16.2. The number of aromatic nitrogens is 2. The van der Waals surface area contributed by atoms with Crippen molar-refractivity contribution in [3.05, 3.63) is 70.1 Å². The number of pyridine rings is 2. The van der Waals surface area contributed by atoms with Gasteiger partial charge in [0.15, 0.2) is 0 Å². The molecule has 0 saturated carbocycles. The Balaban J connectivity index is 2.08. The summed E-state index contributed by atoms with van der Waals surface area (Å²) in [6.07, 6.45) is 1.58. The lowest BCUT2D eigenvalue weighted by Gasteiger charge is -2.09. The van der Waals surface area contributed by atoms with E-state index in [-0.39, 0.29) is 5.56 Å². The van der Waals surface area contributed by atoms with Gasteiger partial charge in [-0.3, -0.25) is 9.59 Å². The average molecular weight is 279 g/mol. The van der Waals surface area contributed by atoms with Gasteiger partial charge in [-0.25, -0.2) is 4.98 Å². The zero-order valence-corrected chi connectivity index (χ0v) is 11.4. The topological polar surface area (TPSA) is 74.8 Å². The van der Waals surface area contributed by atoms with Gasteiger partial charge in [-0.2, -0.15) is 0 Å². The molecule has 0 atom stereocenters. The SMILES string of the molecule is Cc1c(C(=O)Nc2ccccn2)c(=O)[nH]c2ccccc12. The van der Waals surface area contributed by atoms with Crippen LogP contribution >= 0.6 is 0 Å². The van der Waals surface area contributed by atoms with Gasteiger partial charge in [0.1, 0.15) is 11.4 Å². The number of aromatic amines is 1. The van der Waals surface area contributed by atoms with E-state index in [1.807, 2.05) is 24.3 Å². The van der Waals surface area contributed by atoms with Crippen molar-refractivity contribution >= 4 is 22.6 Å². The molecule has 2 aromatic heterocycles. The standard InChI is InChI=1S/C16H13N3O2/c1-10-11-6-2-3-7-12(11)18-15(20)14(10)16(21)19-13-8-4-5-9-17-13/h2-9H,1H3,(H,18,20)(H,17,19,21). The third-order valence-electron chi connectivity index (χ3n) is 3.31. The highest BCUT2D eigenvalue weighted by Gasteiger charge is 2.16. The maximum atomic E-state index is 12.3. The summed E-state index contributed by atoms with van der Waals surface area (Å²) < 4.78 is 0. The van der Waals surface area contributed by atoms with Crippen LogP contribution in [0.15, 0.2) is 53.5 Å². The van der Waals surface area contributed by atoms with E-state index < -0.39 is 11.5 Å². The van der Waals surface area contributed by atoms with Crippen molar-refractivity contribution in [3.63, 3.8) is 0 Å². The molecule has 0 bridgehead atoms. The highest BCUT2D eigenvalue weighted by Crippen LogP contribution is 2.17. The molecule has 0 aliphatic heterocycles. The second-order valence-corrected chi connectivity index (χ2v) is 4.67. The summed E-state index contributed by atoms with van der Waals surface area (Å²) in [6.45, 7) is 1.77. The Morgan fingerprint density at radius 3 is 2.67 bits per heavy atom. The normalized spacial score (nSPS) is 10.5. The van der Waals surface area contributed by atoms with Crippen molar-refractivity contribution in [1.82, 2.24) is 9.97 Å². The highest BCUT2D eigenvalue weighted by molar-refractivity contribution is 6.07. The van der Waals surface area contributed by atoms with Crippen LogP contribution in [-0.2, 0) is 0 Å². The third-order valence-corrected chi connectivity index (χ3v) is 3.31. The molecule has 2 N–H and O–H groups in total. The number of para-hydroxylation sites is 1. The minimum absolute atomic E-state index is 0.111. The minimum atomic E-state index is -0.460. The summed E-state index contributed by atoms with van der Waals surface area (Å²) in [7, 11) is 0. The van der Waals surface area contributed by atoms with Crippen molar-refractivity contribution in [1.29, 1.82) is 0 Å². The molecule has 1 amide bonds. The summed E-state index contributed by atoms with van der Waals surface area (Å²) in [5, 5.41) is 3.48. The number of carbonyl (C=O) groups is 1. The lowest BCUT2D eigenvalue weighted by molar-refractivity contribution is 0.102. The number of hydrogen-bond donors (Lipinski definition) is 2. The fourth-order valence-electron chi connectivity index (χ4n) is 2.30. The predicted octanol–water partition coefficient (Wildman–Crippen LogP) is 2.48. The molecule has 5 heteroatoms. The van der Waals surface area contributed by atoms with Crippen LogP contribution in [0.25, 0.3) is 10.9 Å². The molecule has 21 heavy (non-hydrogen) atoms. The van der Waals surface area contributed by atoms with Gasteiger partial charge in [-0.15, -0.1) is 0 Å². The molecule has 0 aliphatic rings. The summed E-state index contributed by atoms with van der Waals surface area (Å²) in [5.41, 5.74) is 1.08. The van der Waals surface area contributed by atoms with Crippen LogP contribution < -0.4 is 10.9 Å². The van der Waals surface area contributed by atoms with Gasteiger partial charge in [0.2, 0.25) is 0 Å². The van der Waals surface area contributed by atoms with E-state index in [2.05, 4.69) is 15.3 Å². The maximum absolute atomic E-state index is 12.3. The van der Waals surface area contributed by atoms with E-state index in [1.165, 1.54) is 0 Å². The number of hydrogen-bond acceptors (Lipinski definition) is 3. The molecule has 1 aromatic carbocycles. The number of nitrogens with zero attached hydrogens (tertiary/aromatic N) is 1. The summed E-state index contributed by atoms with van der Waals surface area (Å²) in [4.78, 5) is 31.2. The van der Waals surface area contributed by atoms with Crippen molar-refractivity contribution in [2.24, 2.45) is 0 Å². The predicted molar refractivity (Wildman–Crippen MR) is 81.5 cm³/mol. The molecule has 5 nitrogen and oxygen atoms in total. The smallest absolute Gasteiger partial charge is 0.262 e. The quantitative estimate of drug-likeness (QED) is 0.756. The number of amides is 1. The zero-order chi connectivity index (χ0) is 14.8. The monoisotopic (exact) mass is 279 g/mol. The van der Waals surface area contributed by atoms with Crippen molar-refractivity contribution < 1.29 is 4.79 Å². The van der Waals surface area contributed by atoms with E-state index in [0.717, 1.165) is 10.9 Å². The molecule has 0 fully saturated rings. The van der Waals surface area contributed by atoms with E-state index in [9.17, 15) is 9.59 Å². The summed E-state index contributed by atoms with van der Waals surface area (Å²) >= 11 is 0. The Hall–Kier alpha value is -2.95. The maximum Gasteiger partial charge on any atom is 0.262 e. The van der Waals surface area contributed by atoms with E-state index in [1.54, 1.807) is 31.3 Å². The number of rotatable bonds is 2. The Labute approximate surface area is 120 Å². The number of nitrogens with one attached hydrogen (secondary N) is 2. The van der Waals surface area contributed by atoms with Crippen LogP contribution in [0.5, 0.6) is 0 Å². The first kappa shape index (κ1) is 13.1. The number of H-pyrrole nitrogens is 1. The molecule has 3 rings (SSSR count).